The Morgan fingerprint density at radius 3 is 2.75 bits per heavy atom. The minimum absolute atomic E-state index is 0.00188. The molecule has 1 saturated carbocycles. The normalized spacial score (nSPS) is 17.6. The fourth-order valence-corrected chi connectivity index (χ4v) is 3.97. The Morgan fingerprint density at radius 2 is 2.03 bits per heavy atom. The molecule has 2 aliphatic rings. The number of amides is 1. The first-order valence-corrected chi connectivity index (χ1v) is 10.7. The number of carbonyl (C=O) groups is 1. The van der Waals surface area contributed by atoms with E-state index in [-0.39, 0.29) is 18.3 Å². The standard InChI is InChI=1S/C24H24FN5O2/c25-24(11-2-1-3-12-24)16-28-22(31)19-9-10-21(27-14-19)30-23(32)20(15-29-30)18-6-4-5-17(13-26)7-8-18/h5-10,14-15,32H,1-4,11-12,16H2,(H,28,31). The maximum Gasteiger partial charge on any atom is 0.252 e. The minimum atomic E-state index is -1.33. The molecule has 4 rings (SSSR count). The van der Waals surface area contributed by atoms with Crippen molar-refractivity contribution in [1.82, 2.24) is 20.1 Å². The number of hydrogen-bond acceptors (Lipinski definition) is 5. The molecule has 2 N–H and O–H groups in total. The van der Waals surface area contributed by atoms with E-state index in [0.717, 1.165) is 24.8 Å². The smallest absolute Gasteiger partial charge is 0.252 e. The van der Waals surface area contributed by atoms with Gasteiger partial charge in [-0.05, 0) is 43.0 Å². The van der Waals surface area contributed by atoms with E-state index < -0.39 is 5.67 Å². The van der Waals surface area contributed by atoms with Crippen LogP contribution in [-0.2, 0) is 0 Å². The van der Waals surface area contributed by atoms with Crippen LogP contribution in [0.25, 0.3) is 11.4 Å². The van der Waals surface area contributed by atoms with E-state index in [1.807, 2.05) is 6.08 Å². The molecule has 1 fully saturated rings. The minimum Gasteiger partial charge on any atom is -0.493 e. The van der Waals surface area contributed by atoms with Gasteiger partial charge in [0.1, 0.15) is 5.67 Å². The second-order valence-electron chi connectivity index (χ2n) is 8.09. The van der Waals surface area contributed by atoms with Gasteiger partial charge >= 0.3 is 0 Å². The summed E-state index contributed by atoms with van der Waals surface area (Å²) in [5.74, 6) is -0.136. The Bertz CT molecular complexity index is 1130. The first-order chi connectivity index (χ1) is 15.5. The Labute approximate surface area is 185 Å². The molecule has 2 heterocycles. The zero-order valence-corrected chi connectivity index (χ0v) is 17.6. The predicted molar refractivity (Wildman–Crippen MR) is 118 cm³/mol. The summed E-state index contributed by atoms with van der Waals surface area (Å²) in [6.45, 7) is 0.00188. The number of hydrogen-bond donors (Lipinski definition) is 2. The van der Waals surface area contributed by atoms with Gasteiger partial charge in [0.15, 0.2) is 5.82 Å². The third-order valence-electron chi connectivity index (χ3n) is 5.84. The third-order valence-corrected chi connectivity index (χ3v) is 5.84. The van der Waals surface area contributed by atoms with Gasteiger partial charge in [-0.25, -0.2) is 9.37 Å². The average molecular weight is 433 g/mol. The molecule has 0 aliphatic heterocycles. The van der Waals surface area contributed by atoms with Gasteiger partial charge in [-0.15, -0.1) is 0 Å². The summed E-state index contributed by atoms with van der Waals surface area (Å²) < 4.78 is 16.0. The van der Waals surface area contributed by atoms with Gasteiger partial charge in [0, 0.05) is 11.8 Å². The van der Waals surface area contributed by atoms with Gasteiger partial charge < -0.3 is 10.4 Å². The van der Waals surface area contributed by atoms with Crippen LogP contribution in [0.3, 0.4) is 0 Å². The number of aromatic nitrogens is 3. The molecule has 7 nitrogen and oxygen atoms in total. The van der Waals surface area contributed by atoms with Crippen molar-refractivity contribution in [1.29, 1.82) is 5.26 Å². The Hall–Kier alpha value is -3.73. The molecule has 0 aromatic carbocycles. The summed E-state index contributed by atoms with van der Waals surface area (Å²) in [6.07, 6.45) is 14.3. The van der Waals surface area contributed by atoms with Crippen molar-refractivity contribution in [2.24, 2.45) is 0 Å². The lowest BCUT2D eigenvalue weighted by Crippen LogP contribution is -2.41. The van der Waals surface area contributed by atoms with Crippen LogP contribution in [0, 0.1) is 11.3 Å². The number of nitrogens with one attached hydrogen (secondary N) is 1. The molecule has 0 radical (unpaired) electrons. The van der Waals surface area contributed by atoms with Gasteiger partial charge in [0.25, 0.3) is 5.91 Å². The van der Waals surface area contributed by atoms with Crippen LogP contribution in [-0.4, -0.2) is 38.0 Å². The number of nitrogens with zero attached hydrogens (tertiary/aromatic N) is 4. The maximum absolute atomic E-state index is 14.7. The first-order valence-electron chi connectivity index (χ1n) is 10.7. The highest BCUT2D eigenvalue weighted by Crippen LogP contribution is 2.31. The van der Waals surface area contributed by atoms with Crippen molar-refractivity contribution in [3.63, 3.8) is 0 Å². The number of rotatable bonds is 5. The van der Waals surface area contributed by atoms with Crippen molar-refractivity contribution in [3.8, 4) is 17.8 Å². The molecule has 0 atom stereocenters. The Morgan fingerprint density at radius 1 is 1.22 bits per heavy atom. The van der Waals surface area contributed by atoms with Gasteiger partial charge in [-0.3, -0.25) is 4.79 Å². The number of halogens is 1. The van der Waals surface area contributed by atoms with Crippen molar-refractivity contribution in [2.45, 2.75) is 44.2 Å². The van der Waals surface area contributed by atoms with Gasteiger partial charge in [-0.2, -0.15) is 15.0 Å². The lowest BCUT2D eigenvalue weighted by atomic mass is 9.86. The van der Waals surface area contributed by atoms with Crippen molar-refractivity contribution in [2.75, 3.05) is 6.54 Å². The molecule has 2 aromatic rings. The fraction of sp³-hybridized carbons (Fsp3) is 0.333. The lowest BCUT2D eigenvalue weighted by Gasteiger charge is -2.29. The molecule has 0 spiro atoms. The molecule has 1 amide bonds. The van der Waals surface area contributed by atoms with E-state index in [1.54, 1.807) is 30.4 Å². The molecule has 0 bridgehead atoms. The predicted octanol–water partition coefficient (Wildman–Crippen LogP) is 4.17. The molecule has 0 saturated heterocycles. The Kier molecular flexibility index (Phi) is 6.17. The monoisotopic (exact) mass is 433 g/mol. The molecule has 32 heavy (non-hydrogen) atoms. The van der Waals surface area contributed by atoms with E-state index in [1.165, 1.54) is 17.1 Å². The quantitative estimate of drug-likeness (QED) is 0.737. The summed E-state index contributed by atoms with van der Waals surface area (Å²) in [5.41, 5.74) is 0.793. The first kappa shape index (κ1) is 21.5. The number of aromatic hydroxyl groups is 1. The molecule has 0 unspecified atom stereocenters. The Balaban J connectivity index is 1.45. The second-order valence-corrected chi connectivity index (χ2v) is 8.09. The maximum atomic E-state index is 14.7. The third kappa shape index (κ3) is 4.62. The molecular formula is C24H24FN5O2. The number of nitriles is 1. The summed E-state index contributed by atoms with van der Waals surface area (Å²) in [5, 5.41) is 26.6. The highest BCUT2D eigenvalue weighted by Gasteiger charge is 2.32. The van der Waals surface area contributed by atoms with E-state index in [4.69, 9.17) is 5.26 Å². The van der Waals surface area contributed by atoms with E-state index in [0.29, 0.717) is 41.8 Å². The molecule has 8 heteroatoms. The van der Waals surface area contributed by atoms with Crippen LogP contribution in [0.15, 0.2) is 54.4 Å². The van der Waals surface area contributed by atoms with Gasteiger partial charge in [-0.1, -0.05) is 37.5 Å². The van der Waals surface area contributed by atoms with Crippen LogP contribution in [0.5, 0.6) is 5.88 Å². The average Bonchev–Trinajstić information content (AvgIpc) is 3.04. The van der Waals surface area contributed by atoms with E-state index in [9.17, 15) is 14.3 Å². The summed E-state index contributed by atoms with van der Waals surface area (Å²) in [7, 11) is 0. The summed E-state index contributed by atoms with van der Waals surface area (Å²) in [6, 6.07) is 5.24. The van der Waals surface area contributed by atoms with Gasteiger partial charge in [0.05, 0.1) is 29.9 Å². The highest BCUT2D eigenvalue weighted by molar-refractivity contribution is 5.94. The number of allylic oxidation sites excluding steroid dienone is 6. The van der Waals surface area contributed by atoms with Crippen molar-refractivity contribution in [3.05, 3.63) is 65.5 Å². The van der Waals surface area contributed by atoms with Gasteiger partial charge in [0.2, 0.25) is 5.88 Å². The lowest BCUT2D eigenvalue weighted by molar-refractivity contribution is 0.0813. The summed E-state index contributed by atoms with van der Waals surface area (Å²) in [4.78, 5) is 16.6. The molecule has 164 valence electrons. The molecule has 2 aliphatic carbocycles. The highest BCUT2D eigenvalue weighted by atomic mass is 19.1. The largest absolute Gasteiger partial charge is 0.493 e. The zero-order valence-electron chi connectivity index (χ0n) is 17.6. The number of alkyl halides is 1. The van der Waals surface area contributed by atoms with E-state index >= 15 is 0 Å². The zero-order chi connectivity index (χ0) is 22.6. The molecule has 2 aromatic heterocycles. The SMILES string of the molecule is N#CC1=CCC=C(c2cnn(-c3ccc(C(=O)NCC4(F)CCCCC4)cn3)c2O)C=C1. The topological polar surface area (TPSA) is 104 Å². The van der Waals surface area contributed by atoms with Crippen molar-refractivity contribution >= 4 is 11.5 Å². The second kappa shape index (κ2) is 9.18. The van der Waals surface area contributed by atoms with Crippen LogP contribution in [0.1, 0.15) is 54.4 Å². The molecular weight excluding hydrogens is 409 g/mol. The number of pyridine rings is 1. The fourth-order valence-electron chi connectivity index (χ4n) is 3.97. The van der Waals surface area contributed by atoms with Crippen LogP contribution >= 0.6 is 0 Å². The van der Waals surface area contributed by atoms with E-state index in [2.05, 4.69) is 21.5 Å². The van der Waals surface area contributed by atoms with Crippen LogP contribution in [0.4, 0.5) is 4.39 Å². The number of carbonyl (C=O) groups excluding carboxylic acids is 1. The van der Waals surface area contributed by atoms with Crippen molar-refractivity contribution < 1.29 is 14.3 Å². The van der Waals surface area contributed by atoms with Crippen LogP contribution in [0.2, 0.25) is 0 Å². The van der Waals surface area contributed by atoms with Crippen LogP contribution < -0.4 is 5.32 Å². The summed E-state index contributed by atoms with van der Waals surface area (Å²) >= 11 is 0.